The maximum Gasteiger partial charge on any atom is 0.239 e. The Bertz CT molecular complexity index is 441. The average Bonchev–Trinajstić information content (AvgIpc) is 2.44. The van der Waals surface area contributed by atoms with E-state index in [0.29, 0.717) is 12.2 Å². The van der Waals surface area contributed by atoms with E-state index in [2.05, 4.69) is 17.6 Å². The molecule has 0 saturated heterocycles. The van der Waals surface area contributed by atoms with Crippen LogP contribution in [0.4, 0.5) is 5.69 Å². The first-order valence-electron chi connectivity index (χ1n) is 7.13. The summed E-state index contributed by atoms with van der Waals surface area (Å²) in [6, 6.07) is 9.16. The van der Waals surface area contributed by atoms with E-state index in [1.165, 1.54) is 0 Å². The van der Waals surface area contributed by atoms with Crippen molar-refractivity contribution in [3.63, 3.8) is 0 Å². The van der Waals surface area contributed by atoms with Gasteiger partial charge in [0.15, 0.2) is 0 Å². The lowest BCUT2D eigenvalue weighted by atomic mass is 9.91. The van der Waals surface area contributed by atoms with E-state index in [0.717, 1.165) is 19.3 Å². The van der Waals surface area contributed by atoms with Gasteiger partial charge in [-0.25, -0.2) is 0 Å². The first-order chi connectivity index (χ1) is 9.48. The Balaban J connectivity index is 2.53. The molecular formula is C16H24N2O2. The number of nitrogens with one attached hydrogen (secondary N) is 2. The molecular weight excluding hydrogens is 252 g/mol. The number of hydrogen-bond acceptors (Lipinski definition) is 2. The lowest BCUT2D eigenvalue weighted by Gasteiger charge is -2.22. The predicted molar refractivity (Wildman–Crippen MR) is 81.4 cm³/mol. The van der Waals surface area contributed by atoms with Crippen molar-refractivity contribution >= 4 is 17.5 Å². The van der Waals surface area contributed by atoms with Gasteiger partial charge >= 0.3 is 0 Å². The van der Waals surface area contributed by atoms with Gasteiger partial charge in [-0.15, -0.1) is 0 Å². The minimum Gasteiger partial charge on any atom is -0.355 e. The minimum absolute atomic E-state index is 0.234. The largest absolute Gasteiger partial charge is 0.355 e. The van der Waals surface area contributed by atoms with Gasteiger partial charge in [0.1, 0.15) is 5.41 Å². The van der Waals surface area contributed by atoms with Crippen LogP contribution in [0.1, 0.15) is 40.0 Å². The van der Waals surface area contributed by atoms with E-state index >= 15 is 0 Å². The number of para-hydroxylation sites is 1. The van der Waals surface area contributed by atoms with E-state index in [-0.39, 0.29) is 11.8 Å². The molecule has 2 amide bonds. The topological polar surface area (TPSA) is 58.2 Å². The van der Waals surface area contributed by atoms with Crippen molar-refractivity contribution in [2.75, 3.05) is 11.9 Å². The highest BCUT2D eigenvalue weighted by Gasteiger charge is 2.35. The molecule has 0 aliphatic heterocycles. The molecule has 1 aromatic rings. The molecule has 0 fully saturated rings. The van der Waals surface area contributed by atoms with Crippen LogP contribution >= 0.6 is 0 Å². The molecule has 0 bridgehead atoms. The average molecular weight is 276 g/mol. The maximum atomic E-state index is 12.2. The summed E-state index contributed by atoms with van der Waals surface area (Å²) < 4.78 is 0. The SMILES string of the molecule is CCCCCNC(=O)C(C)(C)C(=O)Nc1ccccc1. The Morgan fingerprint density at radius 3 is 2.30 bits per heavy atom. The Kier molecular flexibility index (Phi) is 6.22. The molecule has 0 aliphatic rings. The number of carbonyl (C=O) groups excluding carboxylic acids is 2. The molecule has 1 rings (SSSR count). The zero-order chi connectivity index (χ0) is 15.0. The summed E-state index contributed by atoms with van der Waals surface area (Å²) in [6.45, 7) is 6.01. The molecule has 4 heteroatoms. The third kappa shape index (κ3) is 4.68. The van der Waals surface area contributed by atoms with Crippen LogP contribution in [0.25, 0.3) is 0 Å². The monoisotopic (exact) mass is 276 g/mol. The highest BCUT2D eigenvalue weighted by molar-refractivity contribution is 6.09. The predicted octanol–water partition coefficient (Wildman–Crippen LogP) is 2.96. The van der Waals surface area contributed by atoms with E-state index < -0.39 is 5.41 Å². The molecule has 0 radical (unpaired) electrons. The molecule has 0 atom stereocenters. The van der Waals surface area contributed by atoms with Crippen LogP contribution in [0.3, 0.4) is 0 Å². The highest BCUT2D eigenvalue weighted by Crippen LogP contribution is 2.19. The minimum atomic E-state index is -1.08. The van der Waals surface area contributed by atoms with E-state index in [1.807, 2.05) is 18.2 Å². The first-order valence-corrected chi connectivity index (χ1v) is 7.13. The van der Waals surface area contributed by atoms with Gasteiger partial charge in [-0.05, 0) is 32.4 Å². The molecule has 20 heavy (non-hydrogen) atoms. The number of rotatable bonds is 7. The van der Waals surface area contributed by atoms with Crippen molar-refractivity contribution in [2.45, 2.75) is 40.0 Å². The normalized spacial score (nSPS) is 10.9. The van der Waals surface area contributed by atoms with Gasteiger partial charge in [0.2, 0.25) is 11.8 Å². The van der Waals surface area contributed by atoms with E-state index in [1.54, 1.807) is 26.0 Å². The summed E-state index contributed by atoms with van der Waals surface area (Å²) >= 11 is 0. The first kappa shape index (κ1) is 16.2. The fourth-order valence-corrected chi connectivity index (χ4v) is 1.71. The fraction of sp³-hybridized carbons (Fsp3) is 0.500. The Morgan fingerprint density at radius 2 is 1.70 bits per heavy atom. The van der Waals surface area contributed by atoms with E-state index in [4.69, 9.17) is 0 Å². The fourth-order valence-electron chi connectivity index (χ4n) is 1.71. The van der Waals surface area contributed by atoms with Gasteiger partial charge in [-0.2, -0.15) is 0 Å². The van der Waals surface area contributed by atoms with Gasteiger partial charge in [-0.3, -0.25) is 9.59 Å². The highest BCUT2D eigenvalue weighted by atomic mass is 16.2. The second-order valence-electron chi connectivity index (χ2n) is 5.41. The van der Waals surface area contributed by atoms with Crippen LogP contribution in [-0.2, 0) is 9.59 Å². The molecule has 4 nitrogen and oxygen atoms in total. The molecule has 0 aliphatic carbocycles. The third-order valence-electron chi connectivity index (χ3n) is 3.23. The number of amides is 2. The lowest BCUT2D eigenvalue weighted by Crippen LogP contribution is -2.45. The molecule has 0 heterocycles. The van der Waals surface area contributed by atoms with Crippen molar-refractivity contribution in [3.05, 3.63) is 30.3 Å². The summed E-state index contributed by atoms with van der Waals surface area (Å²) in [7, 11) is 0. The van der Waals surface area contributed by atoms with Gasteiger partial charge in [0, 0.05) is 12.2 Å². The summed E-state index contributed by atoms with van der Waals surface area (Å²) in [4.78, 5) is 24.3. The lowest BCUT2D eigenvalue weighted by molar-refractivity contribution is -0.138. The number of carbonyl (C=O) groups is 2. The second kappa shape index (κ2) is 7.68. The van der Waals surface area contributed by atoms with Gasteiger partial charge < -0.3 is 10.6 Å². The van der Waals surface area contributed by atoms with Crippen molar-refractivity contribution < 1.29 is 9.59 Å². The molecule has 0 unspecified atom stereocenters. The van der Waals surface area contributed by atoms with Crippen LogP contribution in [-0.4, -0.2) is 18.4 Å². The van der Waals surface area contributed by atoms with Crippen LogP contribution in [0.2, 0.25) is 0 Å². The van der Waals surface area contributed by atoms with Gasteiger partial charge in [0.25, 0.3) is 0 Å². The third-order valence-corrected chi connectivity index (χ3v) is 3.23. The smallest absolute Gasteiger partial charge is 0.239 e. The quantitative estimate of drug-likeness (QED) is 0.594. The Hall–Kier alpha value is -1.84. The molecule has 0 spiro atoms. The number of benzene rings is 1. The van der Waals surface area contributed by atoms with Crippen molar-refractivity contribution in [2.24, 2.45) is 5.41 Å². The summed E-state index contributed by atoms with van der Waals surface area (Å²) in [6.07, 6.45) is 3.13. The number of anilines is 1. The van der Waals surface area contributed by atoms with Gasteiger partial charge in [-0.1, -0.05) is 38.0 Å². The second-order valence-corrected chi connectivity index (χ2v) is 5.41. The Morgan fingerprint density at radius 1 is 1.05 bits per heavy atom. The van der Waals surface area contributed by atoms with Crippen LogP contribution in [0.5, 0.6) is 0 Å². The maximum absolute atomic E-state index is 12.2. The van der Waals surface area contributed by atoms with Crippen LogP contribution < -0.4 is 10.6 Å². The summed E-state index contributed by atoms with van der Waals surface area (Å²) in [5.74, 6) is -0.529. The van der Waals surface area contributed by atoms with Crippen LogP contribution in [0, 0.1) is 5.41 Å². The van der Waals surface area contributed by atoms with Crippen molar-refractivity contribution in [3.8, 4) is 0 Å². The molecule has 2 N–H and O–H groups in total. The summed E-state index contributed by atoms with van der Waals surface area (Å²) in [5, 5.41) is 5.59. The zero-order valence-corrected chi connectivity index (χ0v) is 12.5. The van der Waals surface area contributed by atoms with Crippen molar-refractivity contribution in [1.82, 2.24) is 5.32 Å². The van der Waals surface area contributed by atoms with E-state index in [9.17, 15) is 9.59 Å². The summed E-state index contributed by atoms with van der Waals surface area (Å²) in [5.41, 5.74) is -0.383. The number of unbranched alkanes of at least 4 members (excludes halogenated alkanes) is 2. The van der Waals surface area contributed by atoms with Crippen molar-refractivity contribution in [1.29, 1.82) is 0 Å². The molecule has 1 aromatic carbocycles. The van der Waals surface area contributed by atoms with Gasteiger partial charge in [0.05, 0.1) is 0 Å². The standard InChI is InChI=1S/C16H24N2O2/c1-4-5-9-12-17-14(19)16(2,3)15(20)18-13-10-7-6-8-11-13/h6-8,10-11H,4-5,9,12H2,1-3H3,(H,17,19)(H,18,20). The van der Waals surface area contributed by atoms with Crippen LogP contribution in [0.15, 0.2) is 30.3 Å². The number of hydrogen-bond donors (Lipinski definition) is 2. The Labute approximate surface area is 121 Å². The zero-order valence-electron chi connectivity index (χ0n) is 12.5. The molecule has 0 aromatic heterocycles. The molecule has 0 saturated carbocycles. The molecule has 110 valence electrons.